The lowest BCUT2D eigenvalue weighted by molar-refractivity contribution is -0.138. The van der Waals surface area contributed by atoms with Gasteiger partial charge in [-0.05, 0) is 18.2 Å². The summed E-state index contributed by atoms with van der Waals surface area (Å²) in [6.45, 7) is 1.39. The Bertz CT molecular complexity index is 853. The van der Waals surface area contributed by atoms with Crippen LogP contribution >= 0.6 is 0 Å². The van der Waals surface area contributed by atoms with E-state index < -0.39 is 17.6 Å². The molecular formula is C18H18F3N3O3. The van der Waals surface area contributed by atoms with Gasteiger partial charge in [-0.3, -0.25) is 14.5 Å². The molecule has 2 amide bonds. The van der Waals surface area contributed by atoms with Gasteiger partial charge in [-0.15, -0.1) is 0 Å². The monoisotopic (exact) mass is 381 g/mol. The fraction of sp³-hybridized carbons (Fsp3) is 0.278. The predicted octanol–water partition coefficient (Wildman–Crippen LogP) is 3.15. The van der Waals surface area contributed by atoms with E-state index in [2.05, 4.69) is 4.98 Å². The number of hydrogen-bond acceptors (Lipinski definition) is 4. The van der Waals surface area contributed by atoms with Gasteiger partial charge in [0.15, 0.2) is 0 Å². The number of aromatic nitrogens is 1. The van der Waals surface area contributed by atoms with Gasteiger partial charge in [0.1, 0.15) is 11.6 Å². The summed E-state index contributed by atoms with van der Waals surface area (Å²) in [5, 5.41) is 0. The molecule has 1 aromatic heterocycles. The second-order valence-corrected chi connectivity index (χ2v) is 5.60. The lowest BCUT2D eigenvalue weighted by Gasteiger charge is -2.24. The number of primary amides is 1. The van der Waals surface area contributed by atoms with Gasteiger partial charge in [-0.2, -0.15) is 13.2 Å². The van der Waals surface area contributed by atoms with Crippen LogP contribution in [0, 0.1) is 0 Å². The molecule has 0 radical (unpaired) electrons. The highest BCUT2D eigenvalue weighted by atomic mass is 19.4. The fourth-order valence-electron chi connectivity index (χ4n) is 2.55. The van der Waals surface area contributed by atoms with Gasteiger partial charge >= 0.3 is 6.18 Å². The molecule has 2 rings (SSSR count). The van der Waals surface area contributed by atoms with Crippen molar-refractivity contribution in [2.45, 2.75) is 26.1 Å². The number of ether oxygens (including phenoxy) is 1. The normalized spacial score (nSPS) is 11.1. The molecule has 0 atom stereocenters. The molecule has 0 aliphatic heterocycles. The van der Waals surface area contributed by atoms with Crippen LogP contribution in [0.3, 0.4) is 0 Å². The first-order valence-corrected chi connectivity index (χ1v) is 7.98. The second kappa shape index (κ2) is 8.07. The molecule has 1 heterocycles. The number of nitrogens with zero attached hydrogens (tertiary/aromatic N) is 2. The number of hydrogen-bond donors (Lipinski definition) is 1. The highest BCUT2D eigenvalue weighted by molar-refractivity contribution is 5.96. The standard InChI is InChI=1S/C18H18F3N3O3/c1-3-15(25)24(14-9-11(17(22)26)7-8-23-14)10-12-5-4-6-13(16(12)27-2)18(19,20)21/h4-9H,3,10H2,1-2H3,(H2,22,26). The number of rotatable bonds is 6. The van der Waals surface area contributed by atoms with Crippen molar-refractivity contribution in [3.63, 3.8) is 0 Å². The molecule has 1 aromatic carbocycles. The zero-order valence-corrected chi connectivity index (χ0v) is 14.7. The van der Waals surface area contributed by atoms with E-state index in [9.17, 15) is 22.8 Å². The van der Waals surface area contributed by atoms with Gasteiger partial charge in [-0.25, -0.2) is 4.98 Å². The van der Waals surface area contributed by atoms with Crippen molar-refractivity contribution < 1.29 is 27.5 Å². The van der Waals surface area contributed by atoms with Crippen molar-refractivity contribution in [1.29, 1.82) is 0 Å². The van der Waals surface area contributed by atoms with E-state index in [1.165, 1.54) is 35.4 Å². The van der Waals surface area contributed by atoms with Gasteiger partial charge in [0.2, 0.25) is 11.8 Å². The summed E-state index contributed by atoms with van der Waals surface area (Å²) in [6.07, 6.45) is -3.22. The van der Waals surface area contributed by atoms with Crippen LogP contribution in [-0.2, 0) is 17.5 Å². The summed E-state index contributed by atoms with van der Waals surface area (Å²) in [5.74, 6) is -1.36. The molecule has 2 N–H and O–H groups in total. The summed E-state index contributed by atoms with van der Waals surface area (Å²) >= 11 is 0. The largest absolute Gasteiger partial charge is 0.496 e. The van der Waals surface area contributed by atoms with Gasteiger partial charge in [-0.1, -0.05) is 19.1 Å². The first-order valence-electron chi connectivity index (χ1n) is 7.98. The highest BCUT2D eigenvalue weighted by Gasteiger charge is 2.35. The van der Waals surface area contributed by atoms with E-state index in [1.54, 1.807) is 6.92 Å². The molecule has 0 aliphatic rings. The predicted molar refractivity (Wildman–Crippen MR) is 92.2 cm³/mol. The number of carbonyl (C=O) groups is 2. The number of alkyl halides is 3. The smallest absolute Gasteiger partial charge is 0.419 e. The van der Waals surface area contributed by atoms with Crippen molar-refractivity contribution in [2.75, 3.05) is 12.0 Å². The van der Waals surface area contributed by atoms with Crippen LogP contribution in [0.25, 0.3) is 0 Å². The lowest BCUT2D eigenvalue weighted by Crippen LogP contribution is -2.31. The Kier molecular flexibility index (Phi) is 6.04. The van der Waals surface area contributed by atoms with Crippen molar-refractivity contribution in [3.8, 4) is 5.75 Å². The van der Waals surface area contributed by atoms with Crippen LogP contribution in [0.2, 0.25) is 0 Å². The minimum atomic E-state index is -4.61. The van der Waals surface area contributed by atoms with Gasteiger partial charge in [0.05, 0.1) is 19.2 Å². The number of para-hydroxylation sites is 1. The van der Waals surface area contributed by atoms with Crippen molar-refractivity contribution in [2.24, 2.45) is 5.73 Å². The average molecular weight is 381 g/mol. The maximum Gasteiger partial charge on any atom is 0.419 e. The second-order valence-electron chi connectivity index (χ2n) is 5.60. The molecule has 0 unspecified atom stereocenters. The molecule has 0 spiro atoms. The Balaban J connectivity index is 2.51. The van der Waals surface area contributed by atoms with Crippen molar-refractivity contribution >= 4 is 17.6 Å². The van der Waals surface area contributed by atoms with Gasteiger partial charge in [0, 0.05) is 23.7 Å². The molecule has 0 fully saturated rings. The maximum atomic E-state index is 13.2. The molecule has 0 saturated heterocycles. The summed E-state index contributed by atoms with van der Waals surface area (Å²) in [4.78, 5) is 29.0. The van der Waals surface area contributed by atoms with E-state index in [0.717, 1.165) is 13.2 Å². The topological polar surface area (TPSA) is 85.5 Å². The summed E-state index contributed by atoms with van der Waals surface area (Å²) in [7, 11) is 1.13. The number of carbonyl (C=O) groups excluding carboxylic acids is 2. The van der Waals surface area contributed by atoms with Crippen LogP contribution in [0.4, 0.5) is 19.0 Å². The minimum absolute atomic E-state index is 0.0871. The summed E-state index contributed by atoms with van der Waals surface area (Å²) < 4.78 is 44.6. The zero-order chi connectivity index (χ0) is 20.2. The van der Waals surface area contributed by atoms with Crippen molar-refractivity contribution in [1.82, 2.24) is 4.98 Å². The number of anilines is 1. The first kappa shape index (κ1) is 20.2. The fourth-order valence-corrected chi connectivity index (χ4v) is 2.55. The molecule has 0 aliphatic carbocycles. The zero-order valence-electron chi connectivity index (χ0n) is 14.7. The van der Waals surface area contributed by atoms with Gasteiger partial charge < -0.3 is 10.5 Å². The van der Waals surface area contributed by atoms with Crippen LogP contribution in [0.5, 0.6) is 5.75 Å². The van der Waals surface area contributed by atoms with E-state index in [4.69, 9.17) is 10.5 Å². The Morgan fingerprint density at radius 1 is 1.26 bits per heavy atom. The molecule has 27 heavy (non-hydrogen) atoms. The molecule has 144 valence electrons. The number of nitrogens with two attached hydrogens (primary N) is 1. The highest BCUT2D eigenvalue weighted by Crippen LogP contribution is 2.38. The average Bonchev–Trinajstić information content (AvgIpc) is 2.64. The number of amides is 2. The Hall–Kier alpha value is -3.10. The Morgan fingerprint density at radius 2 is 1.96 bits per heavy atom. The first-order chi connectivity index (χ1) is 12.7. The number of benzene rings is 1. The van der Waals surface area contributed by atoms with Crippen LogP contribution in [0.15, 0.2) is 36.5 Å². The molecule has 0 bridgehead atoms. The third kappa shape index (κ3) is 4.55. The SMILES string of the molecule is CCC(=O)N(Cc1cccc(C(F)(F)F)c1OC)c1cc(C(N)=O)ccn1. The van der Waals surface area contributed by atoms with E-state index in [0.29, 0.717) is 0 Å². The van der Waals surface area contributed by atoms with Crippen molar-refractivity contribution in [3.05, 3.63) is 53.2 Å². The number of methoxy groups -OCH3 is 1. The number of pyridine rings is 1. The molecule has 9 heteroatoms. The van der Waals surface area contributed by atoms with Crippen LogP contribution in [0.1, 0.15) is 34.8 Å². The summed E-state index contributed by atoms with van der Waals surface area (Å²) in [6, 6.07) is 6.27. The Morgan fingerprint density at radius 3 is 2.52 bits per heavy atom. The molecule has 0 saturated carbocycles. The van der Waals surface area contributed by atoms with E-state index in [1.807, 2.05) is 0 Å². The van der Waals surface area contributed by atoms with Gasteiger partial charge in [0.25, 0.3) is 0 Å². The lowest BCUT2D eigenvalue weighted by atomic mass is 10.1. The van der Waals surface area contributed by atoms with Crippen LogP contribution in [-0.4, -0.2) is 23.9 Å². The van der Waals surface area contributed by atoms with E-state index >= 15 is 0 Å². The number of halogens is 3. The quantitative estimate of drug-likeness (QED) is 0.833. The third-order valence-electron chi connectivity index (χ3n) is 3.84. The summed E-state index contributed by atoms with van der Waals surface area (Å²) in [5.41, 5.74) is 4.59. The third-order valence-corrected chi connectivity index (χ3v) is 3.84. The molecular weight excluding hydrogens is 363 g/mol. The van der Waals surface area contributed by atoms with E-state index in [-0.39, 0.29) is 41.6 Å². The maximum absolute atomic E-state index is 13.2. The molecule has 2 aromatic rings. The molecule has 6 nitrogen and oxygen atoms in total. The minimum Gasteiger partial charge on any atom is -0.496 e. The van der Waals surface area contributed by atoms with Crippen LogP contribution < -0.4 is 15.4 Å². The Labute approximate surface area is 153 Å².